The zero-order chi connectivity index (χ0) is 38.9. The first-order valence-corrected chi connectivity index (χ1v) is 17.7. The molecule has 3 aromatic rings. The fourth-order valence-corrected chi connectivity index (χ4v) is 7.56. The Morgan fingerprint density at radius 1 is 0.981 bits per heavy atom. The number of halogens is 6. The second-order valence-electron chi connectivity index (χ2n) is 14.5. The molecule has 1 aliphatic heterocycles. The van der Waals surface area contributed by atoms with Crippen LogP contribution < -0.4 is 10.9 Å². The van der Waals surface area contributed by atoms with Crippen LogP contribution in [-0.2, 0) is 15.8 Å². The van der Waals surface area contributed by atoms with Crippen LogP contribution in [0, 0.1) is 49.1 Å². The number of likely N-dealkylation sites (tertiary alicyclic amines) is 1. The van der Waals surface area contributed by atoms with Crippen LogP contribution in [0.2, 0.25) is 0 Å². The highest BCUT2D eigenvalue weighted by atomic mass is 19.4. The largest absolute Gasteiger partial charge is 0.481 e. The molecule has 5 rings (SSSR count). The standard InChI is InChI=1S/C40H43F6N3O4/c1-6-7-25-17-28(35-22(4)15-26(41)16-23(35)5)38(43)36(37(25)42)31(19-34(51)52)47-39(53)32(14-21(2)3)49-20-29(30(18-33(49)50)40(44,45)46)24-10-12-48(13-11-24)27-8-9-27/h15-18,20-21,24,27,31-32H,8-14,19H2,1-5H3,(H,47,53)(H,51,52)/t31-,32+/m1/s1. The molecule has 1 saturated heterocycles. The molecule has 2 heterocycles. The molecule has 13 heteroatoms. The summed E-state index contributed by atoms with van der Waals surface area (Å²) in [5, 5.41) is 12.3. The molecule has 2 aromatic carbocycles. The number of alkyl halides is 3. The highest BCUT2D eigenvalue weighted by Crippen LogP contribution is 2.41. The van der Waals surface area contributed by atoms with Gasteiger partial charge in [0.15, 0.2) is 0 Å². The number of hydrogen-bond acceptors (Lipinski definition) is 4. The lowest BCUT2D eigenvalue weighted by atomic mass is 9.87. The van der Waals surface area contributed by atoms with Crippen LogP contribution in [0.4, 0.5) is 26.3 Å². The van der Waals surface area contributed by atoms with Crippen molar-refractivity contribution in [3.05, 3.63) is 91.6 Å². The van der Waals surface area contributed by atoms with Gasteiger partial charge in [0.2, 0.25) is 5.91 Å². The molecular weight excluding hydrogens is 700 g/mol. The lowest BCUT2D eigenvalue weighted by Gasteiger charge is -2.34. The van der Waals surface area contributed by atoms with Gasteiger partial charge in [0.1, 0.15) is 23.5 Å². The number of piperidine rings is 1. The monoisotopic (exact) mass is 743 g/mol. The summed E-state index contributed by atoms with van der Waals surface area (Å²) in [6.45, 7) is 9.11. The van der Waals surface area contributed by atoms with E-state index in [2.05, 4.69) is 22.1 Å². The van der Waals surface area contributed by atoms with Gasteiger partial charge in [-0.15, -0.1) is 5.92 Å². The zero-order valence-electron chi connectivity index (χ0n) is 30.3. The normalized spacial score (nSPS) is 16.6. The van der Waals surface area contributed by atoms with Crippen molar-refractivity contribution in [2.24, 2.45) is 5.92 Å². The highest BCUT2D eigenvalue weighted by Gasteiger charge is 2.40. The molecule has 1 saturated carbocycles. The van der Waals surface area contributed by atoms with E-state index < -0.39 is 76.6 Å². The molecule has 0 unspecified atom stereocenters. The minimum atomic E-state index is -4.84. The number of aryl methyl sites for hydroxylation is 2. The van der Waals surface area contributed by atoms with Crippen molar-refractivity contribution < 1.29 is 41.0 Å². The number of benzene rings is 2. The maximum Gasteiger partial charge on any atom is 0.416 e. The molecule has 2 atom stereocenters. The number of rotatable bonds is 11. The Hall–Kier alpha value is -4.57. The zero-order valence-corrected chi connectivity index (χ0v) is 30.3. The van der Waals surface area contributed by atoms with Crippen molar-refractivity contribution >= 4 is 11.9 Å². The second-order valence-corrected chi connectivity index (χ2v) is 14.5. The predicted molar refractivity (Wildman–Crippen MR) is 188 cm³/mol. The molecule has 1 amide bonds. The van der Waals surface area contributed by atoms with Gasteiger partial charge in [0, 0.05) is 29.4 Å². The van der Waals surface area contributed by atoms with Gasteiger partial charge in [-0.1, -0.05) is 19.8 Å². The van der Waals surface area contributed by atoms with Gasteiger partial charge >= 0.3 is 12.1 Å². The van der Waals surface area contributed by atoms with E-state index in [9.17, 15) is 37.1 Å². The van der Waals surface area contributed by atoms with E-state index in [-0.39, 0.29) is 34.6 Å². The Bertz CT molecular complexity index is 1990. The predicted octanol–water partition coefficient (Wildman–Crippen LogP) is 8.20. The molecule has 2 aliphatic rings. The molecule has 1 aliphatic carbocycles. The summed E-state index contributed by atoms with van der Waals surface area (Å²) >= 11 is 0. The summed E-state index contributed by atoms with van der Waals surface area (Å²) in [5.74, 6) is -1.31. The topological polar surface area (TPSA) is 91.6 Å². The molecule has 2 fully saturated rings. The lowest BCUT2D eigenvalue weighted by Crippen LogP contribution is -2.41. The van der Waals surface area contributed by atoms with Crippen molar-refractivity contribution in [2.45, 2.75) is 103 Å². The van der Waals surface area contributed by atoms with Crippen LogP contribution >= 0.6 is 0 Å². The first kappa shape index (κ1) is 39.6. The number of carbonyl (C=O) groups is 2. The lowest BCUT2D eigenvalue weighted by molar-refractivity contribution is -0.139. The Balaban J connectivity index is 1.61. The van der Waals surface area contributed by atoms with Crippen LogP contribution in [0.25, 0.3) is 11.1 Å². The third kappa shape index (κ3) is 8.81. The first-order valence-electron chi connectivity index (χ1n) is 17.7. The summed E-state index contributed by atoms with van der Waals surface area (Å²) in [4.78, 5) is 42.1. The summed E-state index contributed by atoms with van der Waals surface area (Å²) < 4.78 is 91.1. The Labute approximate surface area is 304 Å². The highest BCUT2D eigenvalue weighted by molar-refractivity contribution is 5.82. The van der Waals surface area contributed by atoms with Crippen molar-refractivity contribution in [1.29, 1.82) is 0 Å². The van der Waals surface area contributed by atoms with Crippen molar-refractivity contribution in [3.63, 3.8) is 0 Å². The number of amides is 1. The molecule has 1 aromatic heterocycles. The van der Waals surface area contributed by atoms with Crippen molar-refractivity contribution in [3.8, 4) is 23.0 Å². The SMILES string of the molecule is CC#Cc1cc(-c2c(C)cc(F)cc2C)c(F)c([C@@H](CC(=O)O)NC(=O)[C@H](CC(C)C)n2cc(C3CCN(C4CC4)CC3)c(C(F)(F)F)cc2=O)c1F. The van der Waals surface area contributed by atoms with E-state index >= 15 is 8.78 Å². The number of pyridine rings is 1. The second kappa shape index (κ2) is 15.8. The van der Waals surface area contributed by atoms with Gasteiger partial charge in [-0.25, -0.2) is 13.2 Å². The summed E-state index contributed by atoms with van der Waals surface area (Å²) in [5.41, 5.74) is -2.78. The van der Waals surface area contributed by atoms with E-state index in [0.717, 1.165) is 41.8 Å². The van der Waals surface area contributed by atoms with Crippen molar-refractivity contribution in [1.82, 2.24) is 14.8 Å². The maximum atomic E-state index is 16.7. The Morgan fingerprint density at radius 3 is 2.13 bits per heavy atom. The quantitative estimate of drug-likeness (QED) is 0.153. The average molecular weight is 744 g/mol. The van der Waals surface area contributed by atoms with E-state index in [1.807, 2.05) is 0 Å². The maximum absolute atomic E-state index is 16.7. The van der Waals surface area contributed by atoms with E-state index in [4.69, 9.17) is 0 Å². The Kier molecular flexibility index (Phi) is 11.8. The number of carbonyl (C=O) groups excluding carboxylic acids is 1. The van der Waals surface area contributed by atoms with Crippen LogP contribution in [0.1, 0.15) is 111 Å². The number of aromatic nitrogens is 1. The number of aliphatic carboxylic acids is 1. The van der Waals surface area contributed by atoms with Crippen LogP contribution in [0.5, 0.6) is 0 Å². The molecule has 0 bridgehead atoms. The minimum absolute atomic E-state index is 0.0675. The van der Waals surface area contributed by atoms with Gasteiger partial charge < -0.3 is 19.9 Å². The number of nitrogens with zero attached hydrogens (tertiary/aromatic N) is 2. The fourth-order valence-electron chi connectivity index (χ4n) is 7.56. The van der Waals surface area contributed by atoms with Crippen LogP contribution in [-0.4, -0.2) is 45.6 Å². The molecule has 284 valence electrons. The number of carboxylic acid groups (broad SMARTS) is 1. The van der Waals surface area contributed by atoms with Gasteiger partial charge in [0.05, 0.1) is 23.6 Å². The van der Waals surface area contributed by atoms with Gasteiger partial charge in [-0.05, 0) is 118 Å². The Morgan fingerprint density at radius 2 is 1.60 bits per heavy atom. The molecule has 0 radical (unpaired) electrons. The molecule has 0 spiro atoms. The van der Waals surface area contributed by atoms with Gasteiger partial charge in [0.25, 0.3) is 5.56 Å². The fraction of sp³-hybridized carbons (Fsp3) is 0.475. The molecule has 53 heavy (non-hydrogen) atoms. The van der Waals surface area contributed by atoms with Gasteiger partial charge in [-0.3, -0.25) is 14.4 Å². The molecule has 7 nitrogen and oxygen atoms in total. The number of nitrogens with one attached hydrogen (secondary N) is 1. The van der Waals surface area contributed by atoms with E-state index in [0.29, 0.717) is 49.2 Å². The molecule has 2 N–H and O–H groups in total. The smallest absolute Gasteiger partial charge is 0.416 e. The third-order valence-electron chi connectivity index (χ3n) is 10.1. The first-order chi connectivity index (χ1) is 24.9. The average Bonchev–Trinajstić information content (AvgIpc) is 3.90. The summed E-state index contributed by atoms with van der Waals surface area (Å²) in [6.07, 6.45) is -1.88. The van der Waals surface area contributed by atoms with Crippen LogP contribution in [0.15, 0.2) is 35.3 Å². The third-order valence-corrected chi connectivity index (χ3v) is 10.1. The van der Waals surface area contributed by atoms with E-state index in [1.54, 1.807) is 13.8 Å². The number of hydrogen-bond donors (Lipinski definition) is 2. The molecular formula is C40H43F6N3O4. The van der Waals surface area contributed by atoms with Crippen molar-refractivity contribution in [2.75, 3.05) is 13.1 Å². The summed E-state index contributed by atoms with van der Waals surface area (Å²) in [6, 6.07) is 1.09. The van der Waals surface area contributed by atoms with Crippen LogP contribution in [0.3, 0.4) is 0 Å². The number of carboxylic acids is 1. The minimum Gasteiger partial charge on any atom is -0.481 e. The summed E-state index contributed by atoms with van der Waals surface area (Å²) in [7, 11) is 0. The van der Waals surface area contributed by atoms with E-state index in [1.165, 1.54) is 20.8 Å². The van der Waals surface area contributed by atoms with Gasteiger partial charge in [-0.2, -0.15) is 13.2 Å².